The van der Waals surface area contributed by atoms with Crippen molar-refractivity contribution in [2.75, 3.05) is 27.2 Å². The quantitative estimate of drug-likeness (QED) is 0.345. The van der Waals surface area contributed by atoms with Gasteiger partial charge in [0.05, 0.1) is 5.16 Å². The SMILES string of the molecule is CN(C)CCCCCN=C=S. The largest absolute Gasteiger partial charge is 0.309 e. The van der Waals surface area contributed by atoms with Crippen LogP contribution in [0.3, 0.4) is 0 Å². The monoisotopic (exact) mass is 172 g/mol. The second-order valence-corrected chi connectivity index (χ2v) is 3.02. The molecule has 0 aliphatic heterocycles. The Morgan fingerprint density at radius 2 is 2.00 bits per heavy atom. The predicted molar refractivity (Wildman–Crippen MR) is 52.3 cm³/mol. The molecule has 0 rings (SSSR count). The van der Waals surface area contributed by atoms with Crippen molar-refractivity contribution in [1.82, 2.24) is 4.90 Å². The van der Waals surface area contributed by atoms with Gasteiger partial charge >= 0.3 is 0 Å². The molecule has 0 heterocycles. The summed E-state index contributed by atoms with van der Waals surface area (Å²) in [4.78, 5) is 6.04. The van der Waals surface area contributed by atoms with Crippen molar-refractivity contribution in [2.45, 2.75) is 19.3 Å². The Labute approximate surface area is 74.3 Å². The van der Waals surface area contributed by atoms with E-state index in [9.17, 15) is 0 Å². The zero-order valence-electron chi connectivity index (χ0n) is 7.34. The van der Waals surface area contributed by atoms with Crippen LogP contribution in [0.15, 0.2) is 4.99 Å². The van der Waals surface area contributed by atoms with Gasteiger partial charge in [-0.25, -0.2) is 4.99 Å². The molecule has 0 saturated heterocycles. The molecule has 0 bridgehead atoms. The summed E-state index contributed by atoms with van der Waals surface area (Å²) in [5.41, 5.74) is 0. The van der Waals surface area contributed by atoms with Gasteiger partial charge in [-0.2, -0.15) is 0 Å². The average Bonchev–Trinajstić information content (AvgIpc) is 1.96. The summed E-state index contributed by atoms with van der Waals surface area (Å²) in [5.74, 6) is 0. The minimum absolute atomic E-state index is 0.844. The lowest BCUT2D eigenvalue weighted by atomic mass is 10.2. The van der Waals surface area contributed by atoms with Crippen molar-refractivity contribution in [3.8, 4) is 0 Å². The zero-order chi connectivity index (χ0) is 8.53. The maximum absolute atomic E-state index is 4.45. The van der Waals surface area contributed by atoms with Crippen LogP contribution < -0.4 is 0 Å². The fraction of sp³-hybridized carbons (Fsp3) is 0.875. The summed E-state index contributed by atoms with van der Waals surface area (Å²) >= 11 is 4.45. The summed E-state index contributed by atoms with van der Waals surface area (Å²) in [5, 5.41) is 2.37. The average molecular weight is 172 g/mol. The summed E-state index contributed by atoms with van der Waals surface area (Å²) in [6.07, 6.45) is 3.62. The summed E-state index contributed by atoms with van der Waals surface area (Å²) in [7, 11) is 4.18. The second-order valence-electron chi connectivity index (χ2n) is 2.84. The van der Waals surface area contributed by atoms with E-state index >= 15 is 0 Å². The first kappa shape index (κ1) is 10.8. The van der Waals surface area contributed by atoms with Crippen molar-refractivity contribution in [3.05, 3.63) is 0 Å². The molecule has 0 aromatic rings. The fourth-order valence-corrected chi connectivity index (χ4v) is 0.933. The van der Waals surface area contributed by atoms with E-state index < -0.39 is 0 Å². The molecule has 0 spiro atoms. The second kappa shape index (κ2) is 7.86. The lowest BCUT2D eigenvalue weighted by molar-refractivity contribution is 0.392. The third kappa shape index (κ3) is 9.76. The van der Waals surface area contributed by atoms with Gasteiger partial charge in [-0.3, -0.25) is 0 Å². The molecule has 0 amide bonds. The van der Waals surface area contributed by atoms with Gasteiger partial charge in [0.1, 0.15) is 0 Å². The predicted octanol–water partition coefficient (Wildman–Crippen LogP) is 1.82. The molecule has 0 saturated carbocycles. The van der Waals surface area contributed by atoms with Crippen molar-refractivity contribution in [3.63, 3.8) is 0 Å². The van der Waals surface area contributed by atoms with Gasteiger partial charge in [0.2, 0.25) is 0 Å². The minimum atomic E-state index is 0.844. The number of aliphatic imine (C=N–C) groups is 1. The normalized spacial score (nSPS) is 9.73. The molecule has 0 aliphatic rings. The third-order valence-electron chi connectivity index (χ3n) is 1.44. The summed E-state index contributed by atoms with van der Waals surface area (Å²) in [6.45, 7) is 2.01. The minimum Gasteiger partial charge on any atom is -0.309 e. The molecular weight excluding hydrogens is 156 g/mol. The Kier molecular flexibility index (Phi) is 7.69. The van der Waals surface area contributed by atoms with Gasteiger partial charge in [0.25, 0.3) is 0 Å². The van der Waals surface area contributed by atoms with Crippen LogP contribution in [0.25, 0.3) is 0 Å². The van der Waals surface area contributed by atoms with Crippen molar-refractivity contribution in [2.24, 2.45) is 4.99 Å². The van der Waals surface area contributed by atoms with Gasteiger partial charge in [-0.1, -0.05) is 6.42 Å². The topological polar surface area (TPSA) is 15.6 Å². The molecule has 0 N–H and O–H groups in total. The number of hydrogen-bond acceptors (Lipinski definition) is 3. The molecule has 3 heteroatoms. The summed E-state index contributed by atoms with van der Waals surface area (Å²) in [6, 6.07) is 0. The number of thiocarbonyl (C=S) groups is 1. The van der Waals surface area contributed by atoms with Crippen LogP contribution in [0.5, 0.6) is 0 Å². The van der Waals surface area contributed by atoms with Gasteiger partial charge in [0, 0.05) is 6.54 Å². The number of nitrogens with zero attached hydrogens (tertiary/aromatic N) is 2. The smallest absolute Gasteiger partial charge is 0.0584 e. The van der Waals surface area contributed by atoms with E-state index in [0.717, 1.165) is 13.0 Å². The molecule has 0 aliphatic carbocycles. The Hall–Kier alpha value is -0.240. The highest BCUT2D eigenvalue weighted by atomic mass is 32.1. The number of rotatable bonds is 6. The first-order chi connectivity index (χ1) is 5.27. The van der Waals surface area contributed by atoms with E-state index in [1.807, 2.05) is 0 Å². The van der Waals surface area contributed by atoms with E-state index in [2.05, 4.69) is 41.4 Å². The molecule has 0 fully saturated rings. The van der Waals surface area contributed by atoms with Crippen LogP contribution in [-0.2, 0) is 0 Å². The number of hydrogen-bond donors (Lipinski definition) is 0. The van der Waals surface area contributed by atoms with Crippen LogP contribution in [0.4, 0.5) is 0 Å². The van der Waals surface area contributed by atoms with E-state index in [0.29, 0.717) is 0 Å². The summed E-state index contributed by atoms with van der Waals surface area (Å²) < 4.78 is 0. The highest BCUT2D eigenvalue weighted by molar-refractivity contribution is 7.78. The van der Waals surface area contributed by atoms with Crippen molar-refractivity contribution in [1.29, 1.82) is 0 Å². The van der Waals surface area contributed by atoms with Crippen LogP contribution >= 0.6 is 12.2 Å². The lowest BCUT2D eigenvalue weighted by Gasteiger charge is -2.07. The maximum Gasteiger partial charge on any atom is 0.0584 e. The van der Waals surface area contributed by atoms with E-state index in [1.54, 1.807) is 0 Å². The zero-order valence-corrected chi connectivity index (χ0v) is 8.15. The molecule has 0 aromatic carbocycles. The Morgan fingerprint density at radius 1 is 1.27 bits per heavy atom. The highest BCUT2D eigenvalue weighted by Gasteiger charge is 1.89. The molecule has 0 radical (unpaired) electrons. The Bertz CT molecular complexity index is 128. The molecule has 0 aromatic heterocycles. The lowest BCUT2D eigenvalue weighted by Crippen LogP contribution is -2.12. The van der Waals surface area contributed by atoms with E-state index in [1.165, 1.54) is 19.4 Å². The van der Waals surface area contributed by atoms with E-state index in [4.69, 9.17) is 0 Å². The van der Waals surface area contributed by atoms with Crippen LogP contribution in [0.1, 0.15) is 19.3 Å². The Morgan fingerprint density at radius 3 is 2.55 bits per heavy atom. The molecule has 64 valence electrons. The van der Waals surface area contributed by atoms with Gasteiger partial charge in [-0.05, 0) is 45.7 Å². The van der Waals surface area contributed by atoms with Gasteiger partial charge < -0.3 is 4.90 Å². The van der Waals surface area contributed by atoms with Gasteiger partial charge in [-0.15, -0.1) is 0 Å². The molecule has 0 unspecified atom stereocenters. The maximum atomic E-state index is 4.45. The fourth-order valence-electron chi connectivity index (χ4n) is 0.841. The van der Waals surface area contributed by atoms with E-state index in [-0.39, 0.29) is 0 Å². The van der Waals surface area contributed by atoms with Crippen LogP contribution in [0, 0.1) is 0 Å². The first-order valence-electron chi connectivity index (χ1n) is 3.95. The van der Waals surface area contributed by atoms with Crippen LogP contribution in [-0.4, -0.2) is 37.2 Å². The molecule has 11 heavy (non-hydrogen) atoms. The van der Waals surface area contributed by atoms with Crippen molar-refractivity contribution >= 4 is 17.4 Å². The number of isothiocyanates is 1. The van der Waals surface area contributed by atoms with Gasteiger partial charge in [0.15, 0.2) is 0 Å². The molecular formula is C8H16N2S. The number of unbranched alkanes of at least 4 members (excludes halogenated alkanes) is 2. The Balaban J connectivity index is 2.96. The first-order valence-corrected chi connectivity index (χ1v) is 4.36. The third-order valence-corrected chi connectivity index (χ3v) is 1.57. The van der Waals surface area contributed by atoms with Crippen molar-refractivity contribution < 1.29 is 0 Å². The molecule has 0 atom stereocenters. The highest BCUT2D eigenvalue weighted by Crippen LogP contribution is 1.95. The molecule has 2 nitrogen and oxygen atoms in total. The standard InChI is InChI=1S/C8H16N2S/c1-10(2)7-5-3-4-6-9-8-11/h3-7H2,1-2H3. The van der Waals surface area contributed by atoms with Crippen LogP contribution in [0.2, 0.25) is 0 Å².